The van der Waals surface area contributed by atoms with Crippen LogP contribution in [0.3, 0.4) is 0 Å². The second-order valence-electron chi connectivity index (χ2n) is 5.91. The number of hydrogen-bond acceptors (Lipinski definition) is 4. The molecule has 0 unspecified atom stereocenters. The van der Waals surface area contributed by atoms with Gasteiger partial charge in [0.05, 0.1) is 0 Å². The minimum absolute atomic E-state index is 0.272. The molecule has 0 aliphatic rings. The smallest absolute Gasteiger partial charge is 0.346 e. The van der Waals surface area contributed by atoms with Crippen LogP contribution in [-0.4, -0.2) is 43.1 Å². The number of nitrogens with one attached hydrogen (secondary N) is 2. The summed E-state index contributed by atoms with van der Waals surface area (Å²) >= 11 is 0. The molecule has 0 fully saturated rings. The van der Waals surface area contributed by atoms with Crippen LogP contribution in [0.15, 0.2) is 43.0 Å². The first-order valence-electron chi connectivity index (χ1n) is 7.98. The molecule has 0 aliphatic carbocycles. The molecule has 1 amide bonds. The second-order valence-corrected chi connectivity index (χ2v) is 5.91. The summed E-state index contributed by atoms with van der Waals surface area (Å²) < 4.78 is 38.2. The van der Waals surface area contributed by atoms with Gasteiger partial charge in [0, 0.05) is 41.1 Å². The Bertz CT molecular complexity index is 1130. The van der Waals surface area contributed by atoms with Crippen LogP contribution in [0, 0.1) is 0 Å². The van der Waals surface area contributed by atoms with Crippen molar-refractivity contribution in [3.05, 3.63) is 43.0 Å². The minimum atomic E-state index is -4.45. The summed E-state index contributed by atoms with van der Waals surface area (Å²) in [6.45, 7) is -1.64. The number of fused-ring (bicyclic) bond motifs is 2. The third kappa shape index (κ3) is 3.46. The van der Waals surface area contributed by atoms with Crippen molar-refractivity contribution in [2.45, 2.75) is 12.7 Å². The maximum Gasteiger partial charge on any atom is 0.405 e. The molecular weight excluding hydrogens is 361 g/mol. The highest BCUT2D eigenvalue weighted by Crippen LogP contribution is 2.25. The molecule has 0 atom stereocenters. The summed E-state index contributed by atoms with van der Waals surface area (Å²) in [5, 5.41) is 3.38. The first-order chi connectivity index (χ1) is 12.9. The number of halogens is 3. The zero-order chi connectivity index (χ0) is 19.0. The minimum Gasteiger partial charge on any atom is -0.346 e. The van der Waals surface area contributed by atoms with Crippen molar-refractivity contribution in [2.75, 3.05) is 6.54 Å². The van der Waals surface area contributed by atoms with Crippen LogP contribution < -0.4 is 5.32 Å². The molecular formula is C17H13F3N6O. The van der Waals surface area contributed by atoms with Crippen molar-refractivity contribution < 1.29 is 18.0 Å². The third-order valence-electron chi connectivity index (χ3n) is 4.00. The van der Waals surface area contributed by atoms with E-state index in [9.17, 15) is 18.0 Å². The summed E-state index contributed by atoms with van der Waals surface area (Å²) in [6.07, 6.45) is 2.14. The van der Waals surface area contributed by atoms with Crippen molar-refractivity contribution in [1.82, 2.24) is 29.8 Å². The summed E-state index contributed by atoms with van der Waals surface area (Å²) in [4.78, 5) is 27.9. The summed E-state index contributed by atoms with van der Waals surface area (Å²) in [6, 6.07) is 5.34. The van der Waals surface area contributed by atoms with Crippen molar-refractivity contribution in [3.8, 4) is 11.4 Å². The Labute approximate surface area is 150 Å². The predicted molar refractivity (Wildman–Crippen MR) is 91.7 cm³/mol. The fourth-order valence-electron chi connectivity index (χ4n) is 2.79. The lowest BCUT2D eigenvalue weighted by atomic mass is 10.2. The molecule has 0 aromatic carbocycles. The standard InChI is InChI=1S/C17H13F3N6O/c18-17(19,20)9-24-13(27)8-26-6-3-10-7-23-15(25-16(10)26)12-2-5-22-14-11(12)1-4-21-14/h1-7H,8-9H2,(H,21,22)(H,24,27). The fourth-order valence-corrected chi connectivity index (χ4v) is 2.79. The first-order valence-corrected chi connectivity index (χ1v) is 7.98. The van der Waals surface area contributed by atoms with E-state index in [2.05, 4.69) is 19.9 Å². The molecule has 27 heavy (non-hydrogen) atoms. The molecule has 4 aromatic heterocycles. The Kier molecular flexibility index (Phi) is 4.02. The summed E-state index contributed by atoms with van der Waals surface area (Å²) in [5.74, 6) is -0.313. The summed E-state index contributed by atoms with van der Waals surface area (Å²) in [7, 11) is 0. The molecule has 0 aliphatic heterocycles. The van der Waals surface area contributed by atoms with E-state index in [1.807, 2.05) is 11.4 Å². The van der Waals surface area contributed by atoms with Gasteiger partial charge in [-0.1, -0.05) is 0 Å². The van der Waals surface area contributed by atoms with E-state index in [1.165, 1.54) is 4.57 Å². The van der Waals surface area contributed by atoms with Gasteiger partial charge in [-0.2, -0.15) is 13.2 Å². The highest BCUT2D eigenvalue weighted by molar-refractivity contribution is 5.92. The quantitative estimate of drug-likeness (QED) is 0.575. The number of hydrogen-bond donors (Lipinski definition) is 2. The van der Waals surface area contributed by atoms with Crippen LogP contribution >= 0.6 is 0 Å². The van der Waals surface area contributed by atoms with Gasteiger partial charge in [0.25, 0.3) is 0 Å². The predicted octanol–water partition coefficient (Wildman–Crippen LogP) is 2.65. The average Bonchev–Trinajstić information content (AvgIpc) is 3.26. The van der Waals surface area contributed by atoms with Gasteiger partial charge in [-0.15, -0.1) is 0 Å². The van der Waals surface area contributed by atoms with Crippen molar-refractivity contribution in [1.29, 1.82) is 0 Å². The number of carbonyl (C=O) groups excluding carboxylic acids is 1. The van der Waals surface area contributed by atoms with Gasteiger partial charge in [-0.3, -0.25) is 4.79 Å². The highest BCUT2D eigenvalue weighted by atomic mass is 19.4. The van der Waals surface area contributed by atoms with Crippen LogP contribution in [0.25, 0.3) is 33.5 Å². The molecule has 0 spiro atoms. The van der Waals surface area contributed by atoms with Gasteiger partial charge in [0.1, 0.15) is 24.4 Å². The zero-order valence-corrected chi connectivity index (χ0v) is 13.8. The molecule has 0 bridgehead atoms. The van der Waals surface area contributed by atoms with Crippen molar-refractivity contribution in [3.63, 3.8) is 0 Å². The number of nitrogens with zero attached hydrogens (tertiary/aromatic N) is 4. The van der Waals surface area contributed by atoms with E-state index >= 15 is 0 Å². The van der Waals surface area contributed by atoms with E-state index < -0.39 is 18.6 Å². The number of aromatic amines is 1. The van der Waals surface area contributed by atoms with Crippen LogP contribution in [0.2, 0.25) is 0 Å². The second kappa shape index (κ2) is 6.38. The number of carbonyl (C=O) groups is 1. The number of H-pyrrole nitrogens is 1. The zero-order valence-electron chi connectivity index (χ0n) is 13.8. The molecule has 4 rings (SSSR count). The normalized spacial score (nSPS) is 12.0. The molecule has 138 valence electrons. The Morgan fingerprint density at radius 2 is 2.07 bits per heavy atom. The molecule has 0 radical (unpaired) electrons. The van der Waals surface area contributed by atoms with Gasteiger partial charge in [-0.05, 0) is 18.2 Å². The number of alkyl halides is 3. The van der Waals surface area contributed by atoms with Crippen LogP contribution in [0.5, 0.6) is 0 Å². The van der Waals surface area contributed by atoms with Crippen LogP contribution in [0.1, 0.15) is 0 Å². The van der Waals surface area contributed by atoms with Crippen LogP contribution in [0.4, 0.5) is 13.2 Å². The SMILES string of the molecule is O=C(Cn1ccc2cnc(-c3ccnc4[nH]ccc34)nc21)NCC(F)(F)F. The maximum absolute atomic E-state index is 12.2. The molecule has 10 heteroatoms. The van der Waals surface area contributed by atoms with E-state index in [0.29, 0.717) is 22.5 Å². The monoisotopic (exact) mass is 374 g/mol. The summed E-state index contributed by atoms with van der Waals surface area (Å²) in [5.41, 5.74) is 1.91. The van der Waals surface area contributed by atoms with E-state index in [0.717, 1.165) is 10.9 Å². The Morgan fingerprint density at radius 3 is 2.89 bits per heavy atom. The van der Waals surface area contributed by atoms with Gasteiger partial charge in [-0.25, -0.2) is 15.0 Å². The molecule has 7 nitrogen and oxygen atoms in total. The van der Waals surface area contributed by atoms with Crippen molar-refractivity contribution >= 4 is 28.0 Å². The van der Waals surface area contributed by atoms with E-state index in [4.69, 9.17) is 0 Å². The largest absolute Gasteiger partial charge is 0.405 e. The molecule has 2 N–H and O–H groups in total. The van der Waals surface area contributed by atoms with E-state index in [1.54, 1.807) is 36.9 Å². The number of amides is 1. The lowest BCUT2D eigenvalue weighted by Crippen LogP contribution is -2.35. The Hall–Kier alpha value is -3.43. The first kappa shape index (κ1) is 17.0. The van der Waals surface area contributed by atoms with E-state index in [-0.39, 0.29) is 6.54 Å². The molecule has 4 heterocycles. The topological polar surface area (TPSA) is 88.5 Å². The lowest BCUT2D eigenvalue weighted by molar-refractivity contribution is -0.138. The van der Waals surface area contributed by atoms with Gasteiger partial charge < -0.3 is 14.9 Å². The lowest BCUT2D eigenvalue weighted by Gasteiger charge is -2.09. The van der Waals surface area contributed by atoms with Gasteiger partial charge in [0.2, 0.25) is 5.91 Å². The third-order valence-corrected chi connectivity index (χ3v) is 4.00. The van der Waals surface area contributed by atoms with Crippen LogP contribution in [-0.2, 0) is 11.3 Å². The highest BCUT2D eigenvalue weighted by Gasteiger charge is 2.27. The van der Waals surface area contributed by atoms with Gasteiger partial charge >= 0.3 is 6.18 Å². The van der Waals surface area contributed by atoms with Gasteiger partial charge in [0.15, 0.2) is 5.82 Å². The number of pyridine rings is 1. The Morgan fingerprint density at radius 1 is 1.22 bits per heavy atom. The fraction of sp³-hybridized carbons (Fsp3) is 0.176. The molecule has 0 saturated carbocycles. The number of aromatic nitrogens is 5. The number of rotatable bonds is 4. The Balaban J connectivity index is 1.66. The molecule has 4 aromatic rings. The van der Waals surface area contributed by atoms with Crippen molar-refractivity contribution in [2.24, 2.45) is 0 Å². The molecule has 0 saturated heterocycles. The average molecular weight is 374 g/mol. The maximum atomic E-state index is 12.2.